The van der Waals surface area contributed by atoms with Gasteiger partial charge in [0.25, 0.3) is 0 Å². The molecule has 0 aliphatic rings. The largest absolute Gasteiger partial charge is 0.481 e. The molecule has 0 amide bonds. The Hall–Kier alpha value is -1.68. The van der Waals surface area contributed by atoms with Crippen LogP contribution in [0.15, 0.2) is 30.3 Å². The van der Waals surface area contributed by atoms with Gasteiger partial charge in [-0.3, -0.25) is 4.79 Å². The molecule has 0 fully saturated rings. The summed E-state index contributed by atoms with van der Waals surface area (Å²) in [5.74, 6) is -0.811. The SMILES string of the molecule is CC(C)(C)c1nc(-c2ccccc2)sc1CC(=O)O. The summed E-state index contributed by atoms with van der Waals surface area (Å²) in [5, 5.41) is 9.91. The maximum atomic E-state index is 11.0. The quantitative estimate of drug-likeness (QED) is 0.928. The summed E-state index contributed by atoms with van der Waals surface area (Å²) < 4.78 is 0. The molecule has 3 nitrogen and oxygen atoms in total. The topological polar surface area (TPSA) is 50.2 Å². The van der Waals surface area contributed by atoms with E-state index >= 15 is 0 Å². The number of thiazole rings is 1. The molecule has 1 aromatic carbocycles. The Morgan fingerprint density at radius 3 is 2.42 bits per heavy atom. The summed E-state index contributed by atoms with van der Waals surface area (Å²) in [6.45, 7) is 6.17. The summed E-state index contributed by atoms with van der Waals surface area (Å²) in [6.07, 6.45) is 0.0388. The molecule has 1 N–H and O–H groups in total. The van der Waals surface area contributed by atoms with Crippen molar-refractivity contribution in [2.24, 2.45) is 0 Å². The molecule has 1 aromatic heterocycles. The smallest absolute Gasteiger partial charge is 0.308 e. The summed E-state index contributed by atoms with van der Waals surface area (Å²) in [7, 11) is 0. The van der Waals surface area contributed by atoms with Crippen LogP contribution in [-0.2, 0) is 16.6 Å². The number of hydrogen-bond acceptors (Lipinski definition) is 3. The second kappa shape index (κ2) is 5.13. The van der Waals surface area contributed by atoms with Gasteiger partial charge < -0.3 is 5.11 Å². The van der Waals surface area contributed by atoms with Gasteiger partial charge in [0.1, 0.15) is 5.01 Å². The molecule has 2 aromatic rings. The molecule has 0 unspecified atom stereocenters. The average molecular weight is 275 g/mol. The first kappa shape index (κ1) is 13.7. The summed E-state index contributed by atoms with van der Waals surface area (Å²) in [6, 6.07) is 9.88. The van der Waals surface area contributed by atoms with Crippen LogP contribution in [0.1, 0.15) is 31.3 Å². The Balaban J connectivity index is 2.49. The number of nitrogens with zero attached hydrogens (tertiary/aromatic N) is 1. The Labute approximate surface area is 116 Å². The first-order valence-corrected chi connectivity index (χ1v) is 6.97. The monoisotopic (exact) mass is 275 g/mol. The van der Waals surface area contributed by atoms with Crippen molar-refractivity contribution < 1.29 is 9.90 Å². The average Bonchev–Trinajstić information content (AvgIpc) is 2.73. The van der Waals surface area contributed by atoms with Gasteiger partial charge in [-0.05, 0) is 0 Å². The highest BCUT2D eigenvalue weighted by molar-refractivity contribution is 7.15. The number of hydrogen-bond donors (Lipinski definition) is 1. The molecule has 100 valence electrons. The van der Waals surface area contributed by atoms with E-state index in [1.54, 1.807) is 0 Å². The van der Waals surface area contributed by atoms with Crippen LogP contribution >= 0.6 is 11.3 Å². The molecule has 4 heteroatoms. The zero-order chi connectivity index (χ0) is 14.0. The first-order valence-electron chi connectivity index (χ1n) is 6.15. The predicted octanol–water partition coefficient (Wildman–Crippen LogP) is 3.73. The zero-order valence-electron chi connectivity index (χ0n) is 11.3. The van der Waals surface area contributed by atoms with Crippen molar-refractivity contribution in [1.29, 1.82) is 0 Å². The Bertz CT molecular complexity index is 582. The van der Waals surface area contributed by atoms with E-state index in [0.29, 0.717) is 0 Å². The normalized spacial score (nSPS) is 11.5. The van der Waals surface area contributed by atoms with E-state index in [1.165, 1.54) is 11.3 Å². The fraction of sp³-hybridized carbons (Fsp3) is 0.333. The van der Waals surface area contributed by atoms with Crippen LogP contribution in [0.25, 0.3) is 10.6 Å². The molecular weight excluding hydrogens is 258 g/mol. The highest BCUT2D eigenvalue weighted by Crippen LogP contribution is 2.34. The number of benzene rings is 1. The number of carbonyl (C=O) groups is 1. The molecule has 0 bridgehead atoms. The lowest BCUT2D eigenvalue weighted by Crippen LogP contribution is -2.15. The summed E-state index contributed by atoms with van der Waals surface area (Å²) in [5.41, 5.74) is 1.78. The summed E-state index contributed by atoms with van der Waals surface area (Å²) >= 11 is 1.48. The standard InChI is InChI=1S/C15H17NO2S/c1-15(2,3)13-11(9-12(17)18)19-14(16-13)10-7-5-4-6-8-10/h4-8H,9H2,1-3H3,(H,17,18). The molecule has 0 atom stereocenters. The van der Waals surface area contributed by atoms with E-state index in [0.717, 1.165) is 21.1 Å². The van der Waals surface area contributed by atoms with Gasteiger partial charge in [0.05, 0.1) is 12.1 Å². The number of rotatable bonds is 3. The molecule has 0 spiro atoms. The highest BCUT2D eigenvalue weighted by atomic mass is 32.1. The van der Waals surface area contributed by atoms with Crippen LogP contribution in [-0.4, -0.2) is 16.1 Å². The molecule has 0 aliphatic carbocycles. The van der Waals surface area contributed by atoms with Crippen LogP contribution in [0.2, 0.25) is 0 Å². The minimum absolute atomic E-state index is 0.0388. The Morgan fingerprint density at radius 1 is 1.26 bits per heavy atom. The lowest BCUT2D eigenvalue weighted by atomic mass is 9.91. The van der Waals surface area contributed by atoms with Crippen molar-refractivity contribution in [2.75, 3.05) is 0 Å². The van der Waals surface area contributed by atoms with Crippen molar-refractivity contribution >= 4 is 17.3 Å². The van der Waals surface area contributed by atoms with Crippen molar-refractivity contribution in [3.05, 3.63) is 40.9 Å². The molecule has 0 saturated carbocycles. The van der Waals surface area contributed by atoms with Gasteiger partial charge in [-0.15, -0.1) is 11.3 Å². The lowest BCUT2D eigenvalue weighted by molar-refractivity contribution is -0.136. The van der Waals surface area contributed by atoms with Crippen molar-refractivity contribution in [2.45, 2.75) is 32.6 Å². The zero-order valence-corrected chi connectivity index (χ0v) is 12.1. The van der Waals surface area contributed by atoms with Gasteiger partial charge in [0.15, 0.2) is 0 Å². The molecule has 0 aliphatic heterocycles. The van der Waals surface area contributed by atoms with Crippen molar-refractivity contribution in [1.82, 2.24) is 4.98 Å². The van der Waals surface area contributed by atoms with E-state index < -0.39 is 5.97 Å². The minimum Gasteiger partial charge on any atom is -0.481 e. The number of carboxylic acid groups (broad SMARTS) is 1. The van der Waals surface area contributed by atoms with Gasteiger partial charge in [-0.25, -0.2) is 4.98 Å². The van der Waals surface area contributed by atoms with E-state index in [4.69, 9.17) is 5.11 Å². The molecule has 1 heterocycles. The highest BCUT2D eigenvalue weighted by Gasteiger charge is 2.24. The van der Waals surface area contributed by atoms with Gasteiger partial charge >= 0.3 is 5.97 Å². The predicted molar refractivity (Wildman–Crippen MR) is 77.6 cm³/mol. The number of aliphatic carboxylic acids is 1. The minimum atomic E-state index is -0.811. The van der Waals surface area contributed by atoms with Crippen LogP contribution < -0.4 is 0 Å². The van der Waals surface area contributed by atoms with Crippen molar-refractivity contribution in [3.8, 4) is 10.6 Å². The van der Waals surface area contributed by atoms with E-state index in [9.17, 15) is 4.79 Å². The van der Waals surface area contributed by atoms with Crippen molar-refractivity contribution in [3.63, 3.8) is 0 Å². The second-order valence-electron chi connectivity index (χ2n) is 5.48. The first-order chi connectivity index (χ1) is 8.88. The fourth-order valence-corrected chi connectivity index (χ4v) is 3.17. The number of carboxylic acids is 1. The molecule has 2 rings (SSSR count). The third kappa shape index (κ3) is 3.20. The molecule has 19 heavy (non-hydrogen) atoms. The third-order valence-electron chi connectivity index (χ3n) is 2.74. The van der Waals surface area contributed by atoms with Crippen LogP contribution in [0.5, 0.6) is 0 Å². The van der Waals surface area contributed by atoms with E-state index in [2.05, 4.69) is 25.8 Å². The third-order valence-corrected chi connectivity index (χ3v) is 3.84. The van der Waals surface area contributed by atoms with Crippen LogP contribution in [0, 0.1) is 0 Å². The second-order valence-corrected chi connectivity index (χ2v) is 6.56. The van der Waals surface area contributed by atoms with Gasteiger partial charge in [-0.2, -0.15) is 0 Å². The van der Waals surface area contributed by atoms with Gasteiger partial charge in [0, 0.05) is 15.9 Å². The molecular formula is C15H17NO2S. The summed E-state index contributed by atoms with van der Waals surface area (Å²) in [4.78, 5) is 16.5. The Kier molecular flexibility index (Phi) is 3.71. The maximum absolute atomic E-state index is 11.0. The molecule has 0 saturated heterocycles. The maximum Gasteiger partial charge on any atom is 0.308 e. The lowest BCUT2D eigenvalue weighted by Gasteiger charge is -2.16. The molecule has 0 radical (unpaired) electrons. The van der Waals surface area contributed by atoms with Crippen LogP contribution in [0.3, 0.4) is 0 Å². The van der Waals surface area contributed by atoms with Gasteiger partial charge in [0.2, 0.25) is 0 Å². The Morgan fingerprint density at radius 2 is 1.89 bits per heavy atom. The van der Waals surface area contributed by atoms with E-state index in [-0.39, 0.29) is 11.8 Å². The fourth-order valence-electron chi connectivity index (χ4n) is 1.90. The van der Waals surface area contributed by atoms with E-state index in [1.807, 2.05) is 30.3 Å². The number of aromatic nitrogens is 1. The van der Waals surface area contributed by atoms with Gasteiger partial charge in [-0.1, -0.05) is 51.1 Å². The van der Waals surface area contributed by atoms with Crippen LogP contribution in [0.4, 0.5) is 0 Å².